The van der Waals surface area contributed by atoms with E-state index in [1.807, 2.05) is 0 Å². The summed E-state index contributed by atoms with van der Waals surface area (Å²) >= 11 is 9.02. The maximum absolute atomic E-state index is 13.8. The Morgan fingerprint density at radius 2 is 2.14 bits per heavy atom. The number of carbonyl (C=O) groups excluding carboxylic acids is 1. The molecule has 0 aliphatic rings. The normalized spacial score (nSPS) is 10.3. The molecule has 0 N–H and O–H groups in total. The van der Waals surface area contributed by atoms with E-state index < -0.39 is 5.82 Å². The third kappa shape index (κ3) is 3.54. The zero-order chi connectivity index (χ0) is 15.4. The van der Waals surface area contributed by atoms with Crippen LogP contribution in [0, 0.1) is 5.82 Å². The lowest BCUT2D eigenvalue weighted by Gasteiger charge is -2.13. The lowest BCUT2D eigenvalue weighted by molar-refractivity contribution is 0.112. The summed E-state index contributed by atoms with van der Waals surface area (Å²) in [7, 11) is 1.46. The Labute approximate surface area is 134 Å². The molecular formula is C15H11BrClFO3. The number of aldehydes is 1. The van der Waals surface area contributed by atoms with E-state index in [0.717, 1.165) is 0 Å². The van der Waals surface area contributed by atoms with Crippen LogP contribution in [-0.4, -0.2) is 13.4 Å². The smallest absolute Gasteiger partial charge is 0.175 e. The second-order valence-corrected chi connectivity index (χ2v) is 5.42. The number of ether oxygens (including phenoxy) is 2. The van der Waals surface area contributed by atoms with E-state index in [4.69, 9.17) is 21.1 Å². The molecule has 0 fully saturated rings. The van der Waals surface area contributed by atoms with Crippen molar-refractivity contribution in [2.75, 3.05) is 7.11 Å². The molecule has 0 aliphatic carbocycles. The minimum absolute atomic E-state index is 0.0121. The van der Waals surface area contributed by atoms with Crippen LogP contribution in [0.1, 0.15) is 15.9 Å². The predicted octanol–water partition coefficient (Wildman–Crippen LogP) is 4.64. The van der Waals surface area contributed by atoms with Gasteiger partial charge >= 0.3 is 0 Å². The summed E-state index contributed by atoms with van der Waals surface area (Å²) in [5.41, 5.74) is 0.774. The topological polar surface area (TPSA) is 35.5 Å². The fourth-order valence-corrected chi connectivity index (χ4v) is 2.53. The number of carbonyl (C=O) groups is 1. The Bertz CT molecular complexity index is 676. The highest BCUT2D eigenvalue weighted by molar-refractivity contribution is 9.10. The first-order valence-electron chi connectivity index (χ1n) is 5.95. The van der Waals surface area contributed by atoms with Gasteiger partial charge in [0.1, 0.15) is 18.7 Å². The number of methoxy groups -OCH3 is 1. The highest BCUT2D eigenvalue weighted by Gasteiger charge is 2.13. The van der Waals surface area contributed by atoms with Gasteiger partial charge in [-0.05, 0) is 34.1 Å². The fraction of sp³-hybridized carbons (Fsp3) is 0.133. The van der Waals surface area contributed by atoms with Crippen molar-refractivity contribution in [1.82, 2.24) is 0 Å². The molecule has 6 heteroatoms. The summed E-state index contributed by atoms with van der Waals surface area (Å²) in [5.74, 6) is 0.259. The van der Waals surface area contributed by atoms with Crippen molar-refractivity contribution in [3.63, 3.8) is 0 Å². The molecule has 0 spiro atoms. The Morgan fingerprint density at radius 1 is 1.38 bits per heavy atom. The average Bonchev–Trinajstić information content (AvgIpc) is 2.49. The Morgan fingerprint density at radius 3 is 2.81 bits per heavy atom. The number of benzene rings is 2. The van der Waals surface area contributed by atoms with E-state index in [-0.39, 0.29) is 11.6 Å². The molecule has 0 atom stereocenters. The lowest BCUT2D eigenvalue weighted by Crippen LogP contribution is -2.01. The first-order valence-corrected chi connectivity index (χ1v) is 7.12. The van der Waals surface area contributed by atoms with Gasteiger partial charge < -0.3 is 9.47 Å². The van der Waals surface area contributed by atoms with Crippen molar-refractivity contribution >= 4 is 33.8 Å². The number of hydrogen-bond donors (Lipinski definition) is 0. The molecule has 110 valence electrons. The molecule has 0 saturated carbocycles. The molecule has 0 aromatic heterocycles. The van der Waals surface area contributed by atoms with Gasteiger partial charge in [0.25, 0.3) is 0 Å². The SMILES string of the molecule is COc1cc(C=O)cc(Br)c1OCc1cccc(Cl)c1F. The standard InChI is InChI=1S/C15H11BrClFO3/c1-20-13-6-9(7-19)5-11(16)15(13)21-8-10-3-2-4-12(17)14(10)18/h2-7H,8H2,1H3. The third-order valence-corrected chi connectivity index (χ3v) is 3.67. The Balaban J connectivity index is 2.27. The summed E-state index contributed by atoms with van der Waals surface area (Å²) in [6, 6.07) is 7.84. The second kappa shape index (κ2) is 6.91. The van der Waals surface area contributed by atoms with Crippen LogP contribution < -0.4 is 9.47 Å². The molecule has 0 aliphatic heterocycles. The van der Waals surface area contributed by atoms with Gasteiger partial charge in [0, 0.05) is 11.1 Å². The minimum atomic E-state index is -0.515. The van der Waals surface area contributed by atoms with E-state index in [2.05, 4.69) is 15.9 Å². The number of hydrogen-bond acceptors (Lipinski definition) is 3. The van der Waals surface area contributed by atoms with Crippen LogP contribution in [0.4, 0.5) is 4.39 Å². The zero-order valence-electron chi connectivity index (χ0n) is 11.0. The first kappa shape index (κ1) is 15.8. The maximum atomic E-state index is 13.8. The van der Waals surface area contributed by atoms with Gasteiger partial charge in [0.2, 0.25) is 0 Å². The highest BCUT2D eigenvalue weighted by Crippen LogP contribution is 2.37. The van der Waals surface area contributed by atoms with Gasteiger partial charge in [0.05, 0.1) is 16.6 Å². The molecule has 0 unspecified atom stereocenters. The third-order valence-electron chi connectivity index (χ3n) is 2.79. The second-order valence-electron chi connectivity index (χ2n) is 4.15. The van der Waals surface area contributed by atoms with Crippen molar-refractivity contribution in [3.05, 3.63) is 56.8 Å². The van der Waals surface area contributed by atoms with Gasteiger partial charge in [-0.1, -0.05) is 23.7 Å². The molecule has 0 radical (unpaired) electrons. The molecule has 0 saturated heterocycles. The van der Waals surface area contributed by atoms with Gasteiger partial charge in [-0.2, -0.15) is 0 Å². The molecular weight excluding hydrogens is 363 g/mol. The maximum Gasteiger partial charge on any atom is 0.175 e. The van der Waals surface area contributed by atoms with E-state index in [9.17, 15) is 9.18 Å². The molecule has 2 rings (SSSR count). The first-order chi connectivity index (χ1) is 10.1. The summed E-state index contributed by atoms with van der Waals surface area (Å²) in [4.78, 5) is 10.8. The fourth-order valence-electron chi connectivity index (χ4n) is 1.76. The van der Waals surface area contributed by atoms with E-state index in [1.165, 1.54) is 13.2 Å². The quantitative estimate of drug-likeness (QED) is 0.716. The summed E-state index contributed by atoms with van der Waals surface area (Å²) < 4.78 is 25.1. The predicted molar refractivity (Wildman–Crippen MR) is 81.8 cm³/mol. The van der Waals surface area contributed by atoms with E-state index in [1.54, 1.807) is 24.3 Å². The zero-order valence-corrected chi connectivity index (χ0v) is 13.4. The molecule has 0 bridgehead atoms. The average molecular weight is 374 g/mol. The van der Waals surface area contributed by atoms with E-state index >= 15 is 0 Å². The van der Waals surface area contributed by atoms with Gasteiger partial charge in [-0.25, -0.2) is 4.39 Å². The van der Waals surface area contributed by atoms with Crippen molar-refractivity contribution in [1.29, 1.82) is 0 Å². The Hall–Kier alpha value is -1.59. The van der Waals surface area contributed by atoms with Crippen molar-refractivity contribution in [2.24, 2.45) is 0 Å². The van der Waals surface area contributed by atoms with Crippen LogP contribution in [-0.2, 0) is 6.61 Å². The van der Waals surface area contributed by atoms with Gasteiger partial charge in [0.15, 0.2) is 11.5 Å². The summed E-state index contributed by atoms with van der Waals surface area (Å²) in [6.07, 6.45) is 0.702. The van der Waals surface area contributed by atoms with Gasteiger partial charge in [-0.3, -0.25) is 4.79 Å². The minimum Gasteiger partial charge on any atom is -0.493 e. The van der Waals surface area contributed by atoms with Crippen molar-refractivity contribution < 1.29 is 18.7 Å². The van der Waals surface area contributed by atoms with E-state index in [0.29, 0.717) is 33.4 Å². The van der Waals surface area contributed by atoms with Crippen LogP contribution in [0.25, 0.3) is 0 Å². The van der Waals surface area contributed by atoms with Crippen LogP contribution >= 0.6 is 27.5 Å². The molecule has 3 nitrogen and oxygen atoms in total. The summed E-state index contributed by atoms with van der Waals surface area (Å²) in [6.45, 7) is -0.0121. The molecule has 0 amide bonds. The molecule has 21 heavy (non-hydrogen) atoms. The van der Waals surface area contributed by atoms with Gasteiger partial charge in [-0.15, -0.1) is 0 Å². The number of rotatable bonds is 5. The molecule has 2 aromatic rings. The highest BCUT2D eigenvalue weighted by atomic mass is 79.9. The monoisotopic (exact) mass is 372 g/mol. The van der Waals surface area contributed by atoms with Crippen molar-refractivity contribution in [3.8, 4) is 11.5 Å². The number of halogens is 3. The molecule has 2 aromatic carbocycles. The Kier molecular flexibility index (Phi) is 5.20. The summed E-state index contributed by atoms with van der Waals surface area (Å²) in [5, 5.41) is 0.0402. The van der Waals surface area contributed by atoms with Crippen LogP contribution in [0.15, 0.2) is 34.8 Å². The van der Waals surface area contributed by atoms with Crippen molar-refractivity contribution in [2.45, 2.75) is 6.61 Å². The molecule has 0 heterocycles. The van der Waals surface area contributed by atoms with Crippen LogP contribution in [0.5, 0.6) is 11.5 Å². The van der Waals surface area contributed by atoms with Crippen LogP contribution in [0.3, 0.4) is 0 Å². The largest absolute Gasteiger partial charge is 0.493 e. The van der Waals surface area contributed by atoms with Crippen LogP contribution in [0.2, 0.25) is 5.02 Å². The lowest BCUT2D eigenvalue weighted by atomic mass is 10.2.